The summed E-state index contributed by atoms with van der Waals surface area (Å²) in [7, 11) is -3.43. The van der Waals surface area contributed by atoms with Crippen LogP contribution in [0.4, 0.5) is 18.9 Å². The van der Waals surface area contributed by atoms with Crippen LogP contribution in [0.5, 0.6) is 11.5 Å². The predicted octanol–water partition coefficient (Wildman–Crippen LogP) is 4.73. The molecule has 0 saturated carbocycles. The van der Waals surface area contributed by atoms with Crippen molar-refractivity contribution in [3.8, 4) is 11.5 Å². The molecule has 168 valence electrons. The summed E-state index contributed by atoms with van der Waals surface area (Å²) in [5, 5.41) is 11.0. The van der Waals surface area contributed by atoms with E-state index in [2.05, 4.69) is 8.58 Å². The van der Waals surface area contributed by atoms with Crippen molar-refractivity contribution in [2.45, 2.75) is 13.1 Å². The van der Waals surface area contributed by atoms with Crippen molar-refractivity contribution in [2.75, 3.05) is 13.7 Å². The van der Waals surface area contributed by atoms with E-state index in [9.17, 15) is 31.7 Å². The molecular formula is C17H14ClF3N2O7S. The minimum Gasteiger partial charge on any atom is -0.480 e. The third-order valence-electron chi connectivity index (χ3n) is 3.54. The van der Waals surface area contributed by atoms with E-state index >= 15 is 0 Å². The second-order valence-electron chi connectivity index (χ2n) is 5.62. The Morgan fingerprint density at radius 3 is 2.42 bits per heavy atom. The van der Waals surface area contributed by atoms with Gasteiger partial charge in [0.05, 0.1) is 29.2 Å². The largest absolute Gasteiger partial charge is 0.480 e. The quantitative estimate of drug-likeness (QED) is 0.242. The third kappa shape index (κ3) is 6.29. The van der Waals surface area contributed by atoms with Gasteiger partial charge in [-0.15, -0.1) is 4.40 Å². The first kappa shape index (κ1) is 24.4. The van der Waals surface area contributed by atoms with Crippen molar-refractivity contribution < 1.29 is 40.2 Å². The van der Waals surface area contributed by atoms with Crippen molar-refractivity contribution in [1.29, 1.82) is 0 Å². The van der Waals surface area contributed by atoms with Crippen molar-refractivity contribution in [2.24, 2.45) is 4.40 Å². The smallest absolute Gasteiger partial charge is 0.416 e. The number of hydrogen-bond acceptors (Lipinski definition) is 7. The normalized spacial score (nSPS) is 12.5. The van der Waals surface area contributed by atoms with Gasteiger partial charge in [-0.25, -0.2) is 0 Å². The monoisotopic (exact) mass is 482 g/mol. The average Bonchev–Trinajstić information content (AvgIpc) is 2.66. The van der Waals surface area contributed by atoms with Crippen molar-refractivity contribution in [1.82, 2.24) is 0 Å². The van der Waals surface area contributed by atoms with Gasteiger partial charge in [0.2, 0.25) is 5.90 Å². The number of methoxy groups -OCH3 is 1. The molecule has 0 amide bonds. The summed E-state index contributed by atoms with van der Waals surface area (Å²) in [5.41, 5.74) is -1.95. The van der Waals surface area contributed by atoms with Crippen molar-refractivity contribution in [3.05, 3.63) is 62.7 Å². The topological polar surface area (TPSA) is 117 Å². The molecule has 0 atom stereocenters. The Balaban J connectivity index is 2.51. The number of halogens is 4. The maximum atomic E-state index is 12.8. The standard InChI is InChI=1S/C17H14ClF3N2O7S/c1-3-29-31(26,27)22-16(28-2)12-9-11(5-6-14(12)23(24)25)30-15-7-4-10(8-13(15)18)17(19,20)21/h4-9H,3H2,1-2H3. The Hall–Kier alpha value is -2.90. The fraction of sp³-hybridized carbons (Fsp3) is 0.235. The third-order valence-corrected chi connectivity index (χ3v) is 4.76. The highest BCUT2D eigenvalue weighted by Gasteiger charge is 2.31. The second kappa shape index (κ2) is 9.49. The summed E-state index contributed by atoms with van der Waals surface area (Å²) < 4.78 is 79.9. The van der Waals surface area contributed by atoms with E-state index in [-0.39, 0.29) is 28.7 Å². The van der Waals surface area contributed by atoms with Crippen LogP contribution in [0, 0.1) is 10.1 Å². The van der Waals surface area contributed by atoms with Crippen LogP contribution in [0.2, 0.25) is 5.02 Å². The number of hydrogen-bond donors (Lipinski definition) is 0. The van der Waals surface area contributed by atoms with Crippen LogP contribution in [-0.2, 0) is 25.4 Å². The van der Waals surface area contributed by atoms with Gasteiger partial charge in [-0.3, -0.25) is 14.3 Å². The molecule has 31 heavy (non-hydrogen) atoms. The van der Waals surface area contributed by atoms with Gasteiger partial charge in [0, 0.05) is 12.1 Å². The van der Waals surface area contributed by atoms with Crippen LogP contribution in [0.25, 0.3) is 0 Å². The minimum absolute atomic E-state index is 0.110. The summed E-state index contributed by atoms with van der Waals surface area (Å²) in [6.07, 6.45) is -4.61. The molecule has 0 fully saturated rings. The fourth-order valence-electron chi connectivity index (χ4n) is 2.27. The molecule has 0 heterocycles. The molecule has 0 unspecified atom stereocenters. The van der Waals surface area contributed by atoms with Crippen LogP contribution in [0.1, 0.15) is 18.1 Å². The summed E-state index contributed by atoms with van der Waals surface area (Å²) in [4.78, 5) is 10.5. The Morgan fingerprint density at radius 1 is 1.23 bits per heavy atom. The lowest BCUT2D eigenvalue weighted by Gasteiger charge is -2.12. The number of alkyl halides is 3. The van der Waals surface area contributed by atoms with E-state index in [1.54, 1.807) is 0 Å². The summed E-state index contributed by atoms with van der Waals surface area (Å²) in [6, 6.07) is 5.50. The van der Waals surface area contributed by atoms with E-state index in [1.807, 2.05) is 0 Å². The van der Waals surface area contributed by atoms with Crippen LogP contribution < -0.4 is 4.74 Å². The van der Waals surface area contributed by atoms with Gasteiger partial charge in [0.15, 0.2) is 0 Å². The lowest BCUT2D eigenvalue weighted by Crippen LogP contribution is -2.12. The summed E-state index contributed by atoms with van der Waals surface area (Å²) in [5.74, 6) is -0.947. The zero-order valence-electron chi connectivity index (χ0n) is 15.8. The molecular weight excluding hydrogens is 469 g/mol. The SMILES string of the molecule is CCOS(=O)(=O)N=C(OC)c1cc(Oc2ccc(C(F)(F)F)cc2Cl)ccc1[N+](=O)[O-]. The number of nitrogens with zero attached hydrogens (tertiary/aromatic N) is 2. The number of nitro benzene ring substituents is 1. The zero-order valence-corrected chi connectivity index (χ0v) is 17.4. The maximum Gasteiger partial charge on any atom is 0.416 e. The molecule has 0 spiro atoms. The van der Waals surface area contributed by atoms with E-state index in [4.69, 9.17) is 21.1 Å². The van der Waals surface area contributed by atoms with Gasteiger partial charge < -0.3 is 9.47 Å². The summed E-state index contributed by atoms with van der Waals surface area (Å²) in [6.45, 7) is 1.16. The lowest BCUT2D eigenvalue weighted by molar-refractivity contribution is -0.385. The van der Waals surface area contributed by atoms with Gasteiger partial charge >= 0.3 is 16.5 Å². The van der Waals surface area contributed by atoms with Gasteiger partial charge in [0.25, 0.3) is 5.69 Å². The molecule has 0 saturated heterocycles. The predicted molar refractivity (Wildman–Crippen MR) is 104 cm³/mol. The Kier molecular flexibility index (Phi) is 7.46. The highest BCUT2D eigenvalue weighted by Crippen LogP contribution is 2.37. The van der Waals surface area contributed by atoms with E-state index < -0.39 is 38.6 Å². The molecule has 2 aromatic rings. The van der Waals surface area contributed by atoms with Gasteiger partial charge in [-0.2, -0.15) is 21.6 Å². The van der Waals surface area contributed by atoms with Crippen LogP contribution in [0.3, 0.4) is 0 Å². The molecule has 9 nitrogen and oxygen atoms in total. The van der Waals surface area contributed by atoms with E-state index in [0.29, 0.717) is 6.07 Å². The molecule has 0 bridgehead atoms. The Labute approximate surface area is 179 Å². The first-order valence-corrected chi connectivity index (χ1v) is 9.99. The fourth-order valence-corrected chi connectivity index (χ4v) is 3.21. The van der Waals surface area contributed by atoms with Gasteiger partial charge in [0.1, 0.15) is 17.1 Å². The highest BCUT2D eigenvalue weighted by atomic mass is 35.5. The molecule has 0 aliphatic heterocycles. The molecule has 2 aromatic carbocycles. The molecule has 2 rings (SSSR count). The molecule has 0 N–H and O–H groups in total. The van der Waals surface area contributed by atoms with Crippen LogP contribution in [0.15, 0.2) is 40.8 Å². The average molecular weight is 483 g/mol. The Morgan fingerprint density at radius 2 is 1.90 bits per heavy atom. The van der Waals surface area contributed by atoms with Crippen LogP contribution in [-0.4, -0.2) is 33.0 Å². The van der Waals surface area contributed by atoms with E-state index in [1.165, 1.54) is 6.92 Å². The number of benzene rings is 2. The highest BCUT2D eigenvalue weighted by molar-refractivity contribution is 7.85. The minimum atomic E-state index is -4.61. The molecule has 0 aromatic heterocycles. The molecule has 0 aliphatic carbocycles. The van der Waals surface area contributed by atoms with Gasteiger partial charge in [-0.1, -0.05) is 11.6 Å². The van der Waals surface area contributed by atoms with E-state index in [0.717, 1.165) is 37.4 Å². The first-order chi connectivity index (χ1) is 14.4. The molecule has 14 heteroatoms. The molecule has 0 aliphatic rings. The first-order valence-electron chi connectivity index (χ1n) is 8.24. The maximum absolute atomic E-state index is 12.8. The summed E-state index contributed by atoms with van der Waals surface area (Å²) >= 11 is 5.84. The zero-order chi connectivity index (χ0) is 23.4. The number of ether oxygens (including phenoxy) is 2. The van der Waals surface area contributed by atoms with Crippen molar-refractivity contribution in [3.63, 3.8) is 0 Å². The molecule has 0 radical (unpaired) electrons. The lowest BCUT2D eigenvalue weighted by atomic mass is 10.1. The van der Waals surface area contributed by atoms with Crippen molar-refractivity contribution >= 4 is 33.5 Å². The van der Waals surface area contributed by atoms with Crippen LogP contribution >= 0.6 is 11.6 Å². The number of rotatable bonds is 7. The Bertz CT molecular complexity index is 1120. The second-order valence-corrected chi connectivity index (χ2v) is 7.30. The van der Waals surface area contributed by atoms with Gasteiger partial charge in [-0.05, 0) is 31.2 Å². The number of nitro groups is 1.